The lowest BCUT2D eigenvalue weighted by molar-refractivity contribution is 0.0992. The maximum absolute atomic E-state index is 13.0. The second-order valence-corrected chi connectivity index (χ2v) is 8.55. The summed E-state index contributed by atoms with van der Waals surface area (Å²) < 4.78 is 0. The molecule has 3 aromatic rings. The van der Waals surface area contributed by atoms with Crippen molar-refractivity contribution in [2.45, 2.75) is 39.7 Å². The number of ketones is 1. The molecule has 0 atom stereocenters. The summed E-state index contributed by atoms with van der Waals surface area (Å²) in [5.74, 6) is 0.134. The van der Waals surface area contributed by atoms with E-state index in [2.05, 4.69) is 55.1 Å². The Morgan fingerprint density at radius 2 is 1.96 bits per heavy atom. The molecular formula is C24H26N2OS. The van der Waals surface area contributed by atoms with Crippen LogP contribution in [-0.4, -0.2) is 28.8 Å². The Hall–Kier alpha value is -2.30. The van der Waals surface area contributed by atoms with Gasteiger partial charge in [0.15, 0.2) is 10.8 Å². The standard InChI is InChI=1S/C24H26N2OS/c1-3-13-26-14-12-21-23(16-26)28-24(25-21)22(27)15-19-10-7-11-20(17(19)2)18-8-5-4-6-9-18/h4-11H,3,12-16H2,1-2H3. The highest BCUT2D eigenvalue weighted by Crippen LogP contribution is 2.29. The van der Waals surface area contributed by atoms with Crippen molar-refractivity contribution in [1.82, 2.24) is 9.88 Å². The molecular weight excluding hydrogens is 364 g/mol. The van der Waals surface area contributed by atoms with Gasteiger partial charge in [0.2, 0.25) is 0 Å². The van der Waals surface area contributed by atoms with E-state index in [-0.39, 0.29) is 5.78 Å². The molecule has 4 rings (SSSR count). The van der Waals surface area contributed by atoms with Crippen molar-refractivity contribution in [3.8, 4) is 11.1 Å². The first kappa shape index (κ1) is 19.0. The molecule has 0 N–H and O–H groups in total. The average Bonchev–Trinajstić information content (AvgIpc) is 3.14. The van der Waals surface area contributed by atoms with Crippen molar-refractivity contribution in [1.29, 1.82) is 0 Å². The number of benzene rings is 2. The minimum absolute atomic E-state index is 0.134. The predicted octanol–water partition coefficient (Wildman–Crippen LogP) is 5.31. The van der Waals surface area contributed by atoms with Crippen LogP contribution in [0.1, 0.15) is 44.8 Å². The summed E-state index contributed by atoms with van der Waals surface area (Å²) in [6.07, 6.45) is 2.54. The maximum atomic E-state index is 13.0. The number of carbonyl (C=O) groups is 1. The largest absolute Gasteiger partial charge is 0.298 e. The molecule has 0 saturated heterocycles. The molecule has 2 heterocycles. The van der Waals surface area contributed by atoms with Gasteiger partial charge in [0, 0.05) is 30.8 Å². The van der Waals surface area contributed by atoms with Crippen LogP contribution in [0.5, 0.6) is 0 Å². The molecule has 0 bridgehead atoms. The van der Waals surface area contributed by atoms with Crippen LogP contribution in [0.15, 0.2) is 48.5 Å². The number of nitrogens with zero attached hydrogens (tertiary/aromatic N) is 2. The average molecular weight is 391 g/mol. The molecule has 0 saturated carbocycles. The van der Waals surface area contributed by atoms with Crippen molar-refractivity contribution in [3.63, 3.8) is 0 Å². The first-order valence-corrected chi connectivity index (χ1v) is 10.9. The Morgan fingerprint density at radius 3 is 2.75 bits per heavy atom. The van der Waals surface area contributed by atoms with E-state index in [9.17, 15) is 4.79 Å². The van der Waals surface area contributed by atoms with E-state index in [0.29, 0.717) is 11.4 Å². The van der Waals surface area contributed by atoms with Crippen LogP contribution in [-0.2, 0) is 19.4 Å². The van der Waals surface area contributed by atoms with Crippen LogP contribution in [0.25, 0.3) is 11.1 Å². The van der Waals surface area contributed by atoms with E-state index >= 15 is 0 Å². The molecule has 0 fully saturated rings. The molecule has 28 heavy (non-hydrogen) atoms. The Bertz CT molecular complexity index is 978. The first-order chi connectivity index (χ1) is 13.7. The van der Waals surface area contributed by atoms with Crippen molar-refractivity contribution >= 4 is 17.1 Å². The SMILES string of the molecule is CCCN1CCc2nc(C(=O)Cc3cccc(-c4ccccc4)c3C)sc2C1. The van der Waals surface area contributed by atoms with E-state index < -0.39 is 0 Å². The van der Waals surface area contributed by atoms with Gasteiger partial charge in [-0.05, 0) is 42.1 Å². The molecule has 1 aromatic heterocycles. The van der Waals surface area contributed by atoms with Crippen LogP contribution in [0.3, 0.4) is 0 Å². The van der Waals surface area contributed by atoms with Crippen LogP contribution in [0.2, 0.25) is 0 Å². The third-order valence-corrected chi connectivity index (χ3v) is 6.59. The summed E-state index contributed by atoms with van der Waals surface area (Å²) in [6, 6.07) is 16.6. The summed E-state index contributed by atoms with van der Waals surface area (Å²) >= 11 is 1.60. The monoisotopic (exact) mass is 390 g/mol. The van der Waals surface area contributed by atoms with Gasteiger partial charge in [-0.2, -0.15) is 0 Å². The fourth-order valence-electron chi connectivity index (χ4n) is 3.93. The number of carbonyl (C=O) groups excluding carboxylic acids is 1. The van der Waals surface area contributed by atoms with Gasteiger partial charge in [0.25, 0.3) is 0 Å². The Kier molecular flexibility index (Phi) is 5.69. The number of Topliss-reactive ketones (excluding diaryl/α,β-unsaturated/α-hetero) is 1. The van der Waals surface area contributed by atoms with E-state index in [0.717, 1.165) is 43.7 Å². The fourth-order valence-corrected chi connectivity index (χ4v) is 5.02. The van der Waals surface area contributed by atoms with Crippen LogP contribution >= 0.6 is 11.3 Å². The summed E-state index contributed by atoms with van der Waals surface area (Å²) in [4.78, 5) is 21.4. The summed E-state index contributed by atoms with van der Waals surface area (Å²) in [5, 5.41) is 0.674. The normalized spacial score (nSPS) is 14.1. The topological polar surface area (TPSA) is 33.2 Å². The van der Waals surface area contributed by atoms with E-state index in [1.54, 1.807) is 11.3 Å². The summed E-state index contributed by atoms with van der Waals surface area (Å²) in [5.41, 5.74) is 5.79. The molecule has 3 nitrogen and oxygen atoms in total. The van der Waals surface area contributed by atoms with Gasteiger partial charge >= 0.3 is 0 Å². The summed E-state index contributed by atoms with van der Waals surface area (Å²) in [7, 11) is 0. The van der Waals surface area contributed by atoms with Gasteiger partial charge in [-0.25, -0.2) is 4.98 Å². The van der Waals surface area contributed by atoms with E-state index in [4.69, 9.17) is 4.98 Å². The Morgan fingerprint density at radius 1 is 1.14 bits per heavy atom. The lowest BCUT2D eigenvalue weighted by Gasteiger charge is -2.25. The zero-order chi connectivity index (χ0) is 19.5. The molecule has 0 amide bonds. The second kappa shape index (κ2) is 8.38. The Labute approximate surface area is 171 Å². The molecule has 2 aromatic carbocycles. The zero-order valence-corrected chi connectivity index (χ0v) is 17.4. The second-order valence-electron chi connectivity index (χ2n) is 7.47. The molecule has 1 aliphatic rings. The summed E-state index contributed by atoms with van der Waals surface area (Å²) in [6.45, 7) is 7.43. The quantitative estimate of drug-likeness (QED) is 0.535. The fraction of sp³-hybridized carbons (Fsp3) is 0.333. The number of thiazole rings is 1. The maximum Gasteiger partial charge on any atom is 0.195 e. The van der Waals surface area contributed by atoms with E-state index in [1.165, 1.54) is 21.6 Å². The van der Waals surface area contributed by atoms with Gasteiger partial charge in [-0.15, -0.1) is 11.3 Å². The number of hydrogen-bond donors (Lipinski definition) is 0. The third-order valence-electron chi connectivity index (χ3n) is 5.47. The molecule has 144 valence electrons. The minimum atomic E-state index is 0.134. The molecule has 0 aliphatic carbocycles. The van der Waals surface area contributed by atoms with Gasteiger partial charge in [-0.3, -0.25) is 9.69 Å². The number of aromatic nitrogens is 1. The molecule has 0 radical (unpaired) electrons. The van der Waals surface area contributed by atoms with Gasteiger partial charge in [0.05, 0.1) is 5.69 Å². The van der Waals surface area contributed by atoms with Gasteiger partial charge in [-0.1, -0.05) is 55.5 Å². The number of fused-ring (bicyclic) bond motifs is 1. The third kappa shape index (κ3) is 3.94. The van der Waals surface area contributed by atoms with E-state index in [1.807, 2.05) is 12.1 Å². The van der Waals surface area contributed by atoms with Crippen molar-refractivity contribution < 1.29 is 4.79 Å². The van der Waals surface area contributed by atoms with Crippen LogP contribution < -0.4 is 0 Å². The number of rotatable bonds is 6. The Balaban J connectivity index is 1.54. The van der Waals surface area contributed by atoms with Crippen molar-refractivity contribution in [2.24, 2.45) is 0 Å². The highest BCUT2D eigenvalue weighted by molar-refractivity contribution is 7.13. The lowest BCUT2D eigenvalue weighted by Crippen LogP contribution is -2.30. The molecule has 0 unspecified atom stereocenters. The highest BCUT2D eigenvalue weighted by Gasteiger charge is 2.23. The zero-order valence-electron chi connectivity index (χ0n) is 16.6. The molecule has 1 aliphatic heterocycles. The van der Waals surface area contributed by atoms with Gasteiger partial charge in [0.1, 0.15) is 0 Å². The van der Waals surface area contributed by atoms with Crippen molar-refractivity contribution in [2.75, 3.05) is 13.1 Å². The smallest absolute Gasteiger partial charge is 0.195 e. The van der Waals surface area contributed by atoms with Gasteiger partial charge < -0.3 is 0 Å². The number of hydrogen-bond acceptors (Lipinski definition) is 4. The molecule has 0 spiro atoms. The predicted molar refractivity (Wildman–Crippen MR) is 116 cm³/mol. The van der Waals surface area contributed by atoms with Crippen molar-refractivity contribution in [3.05, 3.63) is 75.2 Å². The first-order valence-electron chi connectivity index (χ1n) is 10.0. The minimum Gasteiger partial charge on any atom is -0.298 e. The highest BCUT2D eigenvalue weighted by atomic mass is 32.1. The van der Waals surface area contributed by atoms with Crippen LogP contribution in [0.4, 0.5) is 0 Å². The van der Waals surface area contributed by atoms with Crippen LogP contribution in [0, 0.1) is 6.92 Å². The lowest BCUT2D eigenvalue weighted by atomic mass is 9.94. The molecule has 4 heteroatoms.